The Kier molecular flexibility index (Phi) is 4.54. The molecular weight excluding hydrogens is 324 g/mol. The van der Waals surface area contributed by atoms with Crippen LogP contribution in [0, 0.1) is 5.92 Å². The van der Waals surface area contributed by atoms with Crippen molar-refractivity contribution in [2.45, 2.75) is 37.8 Å². The summed E-state index contributed by atoms with van der Waals surface area (Å²) in [4.78, 5) is 16.3. The van der Waals surface area contributed by atoms with E-state index in [0.29, 0.717) is 11.8 Å². The lowest BCUT2D eigenvalue weighted by atomic mass is 9.78. The third-order valence-electron chi connectivity index (χ3n) is 5.82. The Morgan fingerprint density at radius 2 is 2.04 bits per heavy atom. The number of amides is 1. The summed E-state index contributed by atoms with van der Waals surface area (Å²) in [6, 6.07) is 8.10. The number of ether oxygens (including phenoxy) is 1. The van der Waals surface area contributed by atoms with Crippen LogP contribution >= 0.6 is 11.6 Å². The van der Waals surface area contributed by atoms with Gasteiger partial charge in [0.15, 0.2) is 0 Å². The first kappa shape index (κ1) is 16.4. The minimum atomic E-state index is 0.0369. The van der Waals surface area contributed by atoms with Gasteiger partial charge in [0, 0.05) is 50.8 Å². The molecule has 24 heavy (non-hydrogen) atoms. The summed E-state index contributed by atoms with van der Waals surface area (Å²) in [6.07, 6.45) is 3.98. The molecule has 1 spiro atoms. The summed E-state index contributed by atoms with van der Waals surface area (Å²) >= 11 is 5.95. The number of carbonyl (C=O) groups excluding carboxylic acids is 1. The molecule has 0 aromatic heterocycles. The van der Waals surface area contributed by atoms with Gasteiger partial charge in [0.2, 0.25) is 5.91 Å². The predicted molar refractivity (Wildman–Crippen MR) is 94.0 cm³/mol. The summed E-state index contributed by atoms with van der Waals surface area (Å²) in [6.45, 7) is 5.70. The van der Waals surface area contributed by atoms with Crippen LogP contribution in [0.5, 0.6) is 0 Å². The van der Waals surface area contributed by atoms with Crippen LogP contribution in [0.2, 0.25) is 5.02 Å². The van der Waals surface area contributed by atoms with Crippen molar-refractivity contribution < 1.29 is 9.53 Å². The maximum absolute atomic E-state index is 11.8. The highest BCUT2D eigenvalue weighted by atomic mass is 35.5. The standard InChI is InChI=1S/C19H25ClN2O2/c20-17-5-3-15(4-6-17)12-21-13-19(14-21)16(8-11-24-19)7-10-22-9-1-2-18(22)23/h3-6,16H,1-2,7-14H2/t16-/m1/s1. The second-order valence-electron chi connectivity index (χ2n) is 7.44. The molecule has 3 heterocycles. The minimum Gasteiger partial charge on any atom is -0.372 e. The summed E-state index contributed by atoms with van der Waals surface area (Å²) in [5.74, 6) is 0.924. The smallest absolute Gasteiger partial charge is 0.222 e. The predicted octanol–water partition coefficient (Wildman–Crippen LogP) is 2.94. The molecule has 5 heteroatoms. The molecule has 1 atom stereocenters. The van der Waals surface area contributed by atoms with Crippen LogP contribution in [0.4, 0.5) is 0 Å². The third-order valence-corrected chi connectivity index (χ3v) is 6.07. The van der Waals surface area contributed by atoms with Crippen molar-refractivity contribution in [2.75, 3.05) is 32.8 Å². The number of carbonyl (C=O) groups is 1. The lowest BCUT2D eigenvalue weighted by molar-refractivity contribution is -0.139. The zero-order valence-corrected chi connectivity index (χ0v) is 14.8. The van der Waals surface area contributed by atoms with Gasteiger partial charge in [-0.2, -0.15) is 0 Å². The fourth-order valence-corrected chi connectivity index (χ4v) is 4.59. The number of likely N-dealkylation sites (tertiary alicyclic amines) is 2. The van der Waals surface area contributed by atoms with E-state index in [1.165, 1.54) is 5.56 Å². The molecule has 0 bridgehead atoms. The first-order valence-electron chi connectivity index (χ1n) is 9.03. The number of rotatable bonds is 5. The Balaban J connectivity index is 1.29. The average Bonchev–Trinajstić information content (AvgIpc) is 3.13. The van der Waals surface area contributed by atoms with Crippen molar-refractivity contribution in [2.24, 2.45) is 5.92 Å². The summed E-state index contributed by atoms with van der Waals surface area (Å²) < 4.78 is 6.15. The van der Waals surface area contributed by atoms with Gasteiger partial charge in [0.05, 0.1) is 5.60 Å². The van der Waals surface area contributed by atoms with E-state index in [-0.39, 0.29) is 5.60 Å². The lowest BCUT2D eigenvalue weighted by Gasteiger charge is -2.50. The number of nitrogens with zero attached hydrogens (tertiary/aromatic N) is 2. The summed E-state index contributed by atoms with van der Waals surface area (Å²) in [5, 5.41) is 0.787. The SMILES string of the molecule is O=C1CCCN1CC[C@@H]1CCOC12CN(Cc1ccc(Cl)cc1)C2. The minimum absolute atomic E-state index is 0.0369. The molecule has 4 rings (SSSR count). The van der Waals surface area contributed by atoms with Gasteiger partial charge in [-0.1, -0.05) is 23.7 Å². The van der Waals surface area contributed by atoms with Crippen molar-refractivity contribution in [1.82, 2.24) is 9.80 Å². The van der Waals surface area contributed by atoms with Gasteiger partial charge in [-0.15, -0.1) is 0 Å². The van der Waals surface area contributed by atoms with Gasteiger partial charge in [0.1, 0.15) is 0 Å². The first-order valence-corrected chi connectivity index (χ1v) is 9.41. The molecule has 4 nitrogen and oxygen atoms in total. The monoisotopic (exact) mass is 348 g/mol. The van der Waals surface area contributed by atoms with E-state index in [2.05, 4.69) is 17.0 Å². The zero-order chi connectivity index (χ0) is 16.6. The second kappa shape index (κ2) is 6.66. The Hall–Kier alpha value is -1.10. The van der Waals surface area contributed by atoms with Crippen LogP contribution in [0.1, 0.15) is 31.2 Å². The largest absolute Gasteiger partial charge is 0.372 e. The van der Waals surface area contributed by atoms with Gasteiger partial charge >= 0.3 is 0 Å². The molecule has 0 aliphatic carbocycles. The molecule has 3 aliphatic heterocycles. The molecule has 0 N–H and O–H groups in total. The normalized spacial score (nSPS) is 26.3. The molecule has 1 aromatic rings. The van der Waals surface area contributed by atoms with Crippen LogP contribution in [-0.2, 0) is 16.1 Å². The van der Waals surface area contributed by atoms with E-state index in [0.717, 1.165) is 70.0 Å². The van der Waals surface area contributed by atoms with E-state index in [1.807, 2.05) is 17.0 Å². The topological polar surface area (TPSA) is 32.8 Å². The summed E-state index contributed by atoms with van der Waals surface area (Å²) in [7, 11) is 0. The zero-order valence-electron chi connectivity index (χ0n) is 14.0. The lowest BCUT2D eigenvalue weighted by Crippen LogP contribution is -2.64. The quantitative estimate of drug-likeness (QED) is 0.820. The molecule has 3 fully saturated rings. The molecular formula is C19H25ClN2O2. The van der Waals surface area contributed by atoms with Gasteiger partial charge in [-0.25, -0.2) is 0 Å². The van der Waals surface area contributed by atoms with Gasteiger partial charge in [-0.3, -0.25) is 9.69 Å². The van der Waals surface area contributed by atoms with E-state index in [4.69, 9.17) is 16.3 Å². The molecule has 3 saturated heterocycles. The van der Waals surface area contributed by atoms with Gasteiger partial charge in [0.25, 0.3) is 0 Å². The van der Waals surface area contributed by atoms with E-state index < -0.39 is 0 Å². The number of hydrogen-bond donors (Lipinski definition) is 0. The van der Waals surface area contributed by atoms with Crippen molar-refractivity contribution >= 4 is 17.5 Å². The Bertz CT molecular complexity index is 598. The Morgan fingerprint density at radius 1 is 1.25 bits per heavy atom. The number of halogens is 1. The number of hydrogen-bond acceptors (Lipinski definition) is 3. The van der Waals surface area contributed by atoms with Crippen molar-refractivity contribution in [3.8, 4) is 0 Å². The van der Waals surface area contributed by atoms with Gasteiger partial charge < -0.3 is 9.64 Å². The fourth-order valence-electron chi connectivity index (χ4n) is 4.46. The van der Waals surface area contributed by atoms with Crippen LogP contribution in [0.15, 0.2) is 24.3 Å². The molecule has 0 radical (unpaired) electrons. The molecule has 1 amide bonds. The molecule has 1 aromatic carbocycles. The van der Waals surface area contributed by atoms with Crippen molar-refractivity contribution in [3.63, 3.8) is 0 Å². The van der Waals surface area contributed by atoms with Crippen LogP contribution in [0.25, 0.3) is 0 Å². The maximum atomic E-state index is 11.8. The van der Waals surface area contributed by atoms with E-state index in [9.17, 15) is 4.79 Å². The van der Waals surface area contributed by atoms with Gasteiger partial charge in [-0.05, 0) is 42.9 Å². The van der Waals surface area contributed by atoms with E-state index in [1.54, 1.807) is 0 Å². The highest BCUT2D eigenvalue weighted by Gasteiger charge is 2.52. The fraction of sp³-hybridized carbons (Fsp3) is 0.632. The second-order valence-corrected chi connectivity index (χ2v) is 7.88. The highest BCUT2D eigenvalue weighted by molar-refractivity contribution is 6.30. The Labute approximate surface area is 148 Å². The maximum Gasteiger partial charge on any atom is 0.222 e. The Morgan fingerprint density at radius 3 is 2.75 bits per heavy atom. The van der Waals surface area contributed by atoms with E-state index >= 15 is 0 Å². The molecule has 130 valence electrons. The van der Waals surface area contributed by atoms with Crippen LogP contribution < -0.4 is 0 Å². The highest BCUT2D eigenvalue weighted by Crippen LogP contribution is 2.42. The van der Waals surface area contributed by atoms with Crippen molar-refractivity contribution in [1.29, 1.82) is 0 Å². The van der Waals surface area contributed by atoms with Crippen molar-refractivity contribution in [3.05, 3.63) is 34.9 Å². The third kappa shape index (κ3) is 3.19. The average molecular weight is 349 g/mol. The molecule has 0 saturated carbocycles. The molecule has 0 unspecified atom stereocenters. The first-order chi connectivity index (χ1) is 11.6. The van der Waals surface area contributed by atoms with Crippen LogP contribution in [-0.4, -0.2) is 54.1 Å². The molecule has 3 aliphatic rings. The number of benzene rings is 1. The van der Waals surface area contributed by atoms with Crippen LogP contribution in [0.3, 0.4) is 0 Å². The summed E-state index contributed by atoms with van der Waals surface area (Å²) in [5.41, 5.74) is 1.33.